The first-order valence-corrected chi connectivity index (χ1v) is 10.6. The predicted octanol–water partition coefficient (Wildman–Crippen LogP) is 5.08. The lowest BCUT2D eigenvalue weighted by molar-refractivity contribution is -0.137. The number of alkyl halides is 3. The van der Waals surface area contributed by atoms with Crippen LogP contribution in [0.3, 0.4) is 0 Å². The molecule has 0 spiro atoms. The predicted molar refractivity (Wildman–Crippen MR) is 106 cm³/mol. The minimum atomic E-state index is -4.61. The summed E-state index contributed by atoms with van der Waals surface area (Å²) in [7, 11) is -4.24. The highest BCUT2D eigenvalue weighted by atomic mass is 35.5. The highest BCUT2D eigenvalue weighted by Gasteiger charge is 2.31. The van der Waals surface area contributed by atoms with Crippen LogP contribution in [0, 0.1) is 0 Å². The molecule has 0 aliphatic carbocycles. The zero-order chi connectivity index (χ0) is 21.8. The molecule has 2 rings (SSSR count). The van der Waals surface area contributed by atoms with Crippen LogP contribution in [0.5, 0.6) is 0 Å². The van der Waals surface area contributed by atoms with Gasteiger partial charge in [-0.25, -0.2) is 8.42 Å². The molecule has 29 heavy (non-hydrogen) atoms. The largest absolute Gasteiger partial charge is 0.416 e. The van der Waals surface area contributed by atoms with Gasteiger partial charge in [-0.2, -0.15) is 13.2 Å². The molecule has 0 aliphatic heterocycles. The van der Waals surface area contributed by atoms with E-state index in [1.54, 1.807) is 0 Å². The quantitative estimate of drug-likeness (QED) is 0.620. The lowest BCUT2D eigenvalue weighted by Gasteiger charge is -2.15. The third kappa shape index (κ3) is 6.11. The monoisotopic (exact) mass is 448 g/mol. The number of hydrogen-bond acceptors (Lipinski definition) is 3. The van der Waals surface area contributed by atoms with E-state index in [1.165, 1.54) is 18.2 Å². The molecule has 0 radical (unpaired) electrons. The van der Waals surface area contributed by atoms with E-state index >= 15 is 0 Å². The highest BCUT2D eigenvalue weighted by molar-refractivity contribution is 7.92. The lowest BCUT2D eigenvalue weighted by Crippen LogP contribution is -2.32. The summed E-state index contributed by atoms with van der Waals surface area (Å²) in [5.41, 5.74) is -1.28. The summed E-state index contributed by atoms with van der Waals surface area (Å²) in [4.78, 5) is 12.1. The van der Waals surface area contributed by atoms with Gasteiger partial charge in [0.15, 0.2) is 0 Å². The number of halogens is 4. The molecule has 1 unspecified atom stereocenters. The van der Waals surface area contributed by atoms with Gasteiger partial charge in [0.25, 0.3) is 15.9 Å². The molecule has 158 valence electrons. The second-order valence-electron chi connectivity index (χ2n) is 6.49. The van der Waals surface area contributed by atoms with Crippen LogP contribution in [0.4, 0.5) is 18.9 Å². The Balaban J connectivity index is 2.31. The standard InChI is InChI=1S/C19H20ClF3N2O3S/c1-3-5-12(2)24-18(26)16-11-15(8-9-17(16)20)29(27,28)25-14-7-4-6-13(10-14)19(21,22)23/h4,6-12,25H,3,5H2,1-2H3,(H,24,26). The van der Waals surface area contributed by atoms with Crippen LogP contribution in [-0.2, 0) is 16.2 Å². The van der Waals surface area contributed by atoms with Gasteiger partial charge in [0.2, 0.25) is 0 Å². The summed E-state index contributed by atoms with van der Waals surface area (Å²) in [5, 5.41) is 2.79. The molecule has 0 heterocycles. The van der Waals surface area contributed by atoms with Crippen molar-refractivity contribution < 1.29 is 26.4 Å². The first-order valence-electron chi connectivity index (χ1n) is 8.74. The highest BCUT2D eigenvalue weighted by Crippen LogP contribution is 2.31. The number of hydrogen-bond donors (Lipinski definition) is 2. The maximum Gasteiger partial charge on any atom is 0.416 e. The number of carbonyl (C=O) groups is 1. The molecule has 10 heteroatoms. The van der Waals surface area contributed by atoms with Crippen molar-refractivity contribution in [1.82, 2.24) is 5.32 Å². The van der Waals surface area contributed by atoms with E-state index in [1.807, 2.05) is 13.8 Å². The third-order valence-electron chi connectivity index (χ3n) is 4.03. The van der Waals surface area contributed by atoms with E-state index in [-0.39, 0.29) is 27.2 Å². The molecule has 0 aromatic heterocycles. The number of sulfonamides is 1. The van der Waals surface area contributed by atoms with Crippen molar-refractivity contribution in [3.05, 3.63) is 58.6 Å². The van der Waals surface area contributed by atoms with Crippen molar-refractivity contribution >= 4 is 33.2 Å². The van der Waals surface area contributed by atoms with Gasteiger partial charge >= 0.3 is 6.18 Å². The van der Waals surface area contributed by atoms with Crippen LogP contribution in [0.2, 0.25) is 5.02 Å². The number of carbonyl (C=O) groups excluding carboxylic acids is 1. The van der Waals surface area contributed by atoms with Crippen molar-refractivity contribution in [3.8, 4) is 0 Å². The topological polar surface area (TPSA) is 75.3 Å². The van der Waals surface area contributed by atoms with Crippen molar-refractivity contribution in [2.24, 2.45) is 0 Å². The van der Waals surface area contributed by atoms with Crippen LogP contribution in [0.25, 0.3) is 0 Å². The summed E-state index contributed by atoms with van der Waals surface area (Å²) in [6.07, 6.45) is -3.02. The van der Waals surface area contributed by atoms with E-state index < -0.39 is 27.7 Å². The van der Waals surface area contributed by atoms with E-state index in [0.29, 0.717) is 6.07 Å². The molecule has 2 aromatic carbocycles. The molecule has 5 nitrogen and oxygen atoms in total. The minimum absolute atomic E-state index is 0.0402. The van der Waals surface area contributed by atoms with Crippen molar-refractivity contribution in [2.45, 2.75) is 43.8 Å². The zero-order valence-electron chi connectivity index (χ0n) is 15.7. The van der Waals surface area contributed by atoms with Gasteiger partial charge in [0, 0.05) is 11.7 Å². The van der Waals surface area contributed by atoms with Gasteiger partial charge in [0.05, 0.1) is 21.0 Å². The summed E-state index contributed by atoms with van der Waals surface area (Å²) in [5.74, 6) is -0.535. The van der Waals surface area contributed by atoms with Gasteiger partial charge in [-0.05, 0) is 49.7 Å². The average Bonchev–Trinajstić information content (AvgIpc) is 2.61. The van der Waals surface area contributed by atoms with Crippen LogP contribution >= 0.6 is 11.6 Å². The van der Waals surface area contributed by atoms with Crippen LogP contribution in [0.1, 0.15) is 42.6 Å². The third-order valence-corrected chi connectivity index (χ3v) is 5.74. The number of nitrogens with one attached hydrogen (secondary N) is 2. The number of anilines is 1. The SMILES string of the molecule is CCCC(C)NC(=O)c1cc(S(=O)(=O)Nc2cccc(C(F)(F)F)c2)ccc1Cl. The summed E-state index contributed by atoms with van der Waals surface area (Å²) in [6, 6.07) is 7.19. The maximum atomic E-state index is 12.8. The Bertz CT molecular complexity index is 994. The summed E-state index contributed by atoms with van der Waals surface area (Å²) in [6.45, 7) is 3.77. The molecule has 0 fully saturated rings. The van der Waals surface area contributed by atoms with Gasteiger partial charge in [-0.3, -0.25) is 9.52 Å². The van der Waals surface area contributed by atoms with Gasteiger partial charge in [-0.1, -0.05) is 31.0 Å². The molecule has 2 N–H and O–H groups in total. The fourth-order valence-corrected chi connectivity index (χ4v) is 3.90. The molecule has 0 bridgehead atoms. The van der Waals surface area contributed by atoms with Gasteiger partial charge in [0.1, 0.15) is 0 Å². The van der Waals surface area contributed by atoms with Crippen molar-refractivity contribution in [2.75, 3.05) is 4.72 Å². The number of rotatable bonds is 7. The van der Waals surface area contributed by atoms with Gasteiger partial charge in [-0.15, -0.1) is 0 Å². The molecule has 2 aromatic rings. The fourth-order valence-electron chi connectivity index (χ4n) is 2.63. The lowest BCUT2D eigenvalue weighted by atomic mass is 10.1. The Morgan fingerprint density at radius 1 is 1.17 bits per heavy atom. The van der Waals surface area contributed by atoms with E-state index in [0.717, 1.165) is 31.0 Å². The molecular weight excluding hydrogens is 429 g/mol. The van der Waals surface area contributed by atoms with Crippen LogP contribution in [0.15, 0.2) is 47.4 Å². The Kier molecular flexibility index (Phi) is 7.18. The number of amides is 1. The van der Waals surface area contributed by atoms with Crippen molar-refractivity contribution in [3.63, 3.8) is 0 Å². The van der Waals surface area contributed by atoms with Crippen LogP contribution in [-0.4, -0.2) is 20.4 Å². The Labute approximate surface area is 172 Å². The Morgan fingerprint density at radius 2 is 1.86 bits per heavy atom. The summed E-state index contributed by atoms with van der Waals surface area (Å²) < 4.78 is 65.8. The normalized spacial score (nSPS) is 13.0. The maximum absolute atomic E-state index is 12.8. The van der Waals surface area contributed by atoms with E-state index in [9.17, 15) is 26.4 Å². The smallest absolute Gasteiger partial charge is 0.350 e. The van der Waals surface area contributed by atoms with Crippen molar-refractivity contribution in [1.29, 1.82) is 0 Å². The van der Waals surface area contributed by atoms with Gasteiger partial charge < -0.3 is 5.32 Å². The number of benzene rings is 2. The second kappa shape index (κ2) is 9.04. The minimum Gasteiger partial charge on any atom is -0.350 e. The average molecular weight is 449 g/mol. The Hall–Kier alpha value is -2.26. The molecule has 0 saturated heterocycles. The molecule has 0 saturated carbocycles. The summed E-state index contributed by atoms with van der Waals surface area (Å²) >= 11 is 6.03. The molecule has 1 amide bonds. The molecule has 1 atom stereocenters. The van der Waals surface area contributed by atoms with E-state index in [2.05, 4.69) is 10.0 Å². The molecule has 0 aliphatic rings. The first-order chi connectivity index (χ1) is 13.4. The first kappa shape index (κ1) is 23.0. The molecular formula is C19H20ClF3N2O3S. The van der Waals surface area contributed by atoms with E-state index in [4.69, 9.17) is 11.6 Å². The zero-order valence-corrected chi connectivity index (χ0v) is 17.3. The Morgan fingerprint density at radius 3 is 2.48 bits per heavy atom. The second-order valence-corrected chi connectivity index (χ2v) is 8.58. The fraction of sp³-hybridized carbons (Fsp3) is 0.316. The van der Waals surface area contributed by atoms with Crippen LogP contribution < -0.4 is 10.0 Å².